The van der Waals surface area contributed by atoms with Gasteiger partial charge in [-0.1, -0.05) is 66.7 Å². The first-order valence-corrected chi connectivity index (χ1v) is 12.2. The molecule has 0 bridgehead atoms. The molecule has 0 saturated carbocycles. The highest BCUT2D eigenvalue weighted by Gasteiger charge is 2.17. The first-order valence-electron chi connectivity index (χ1n) is 12.2. The number of carboxylic acid groups (broad SMARTS) is 1. The molecule has 1 aliphatic rings. The van der Waals surface area contributed by atoms with E-state index in [1.54, 1.807) is 24.3 Å². The fourth-order valence-corrected chi connectivity index (χ4v) is 4.55. The molecule has 1 aliphatic heterocycles. The van der Waals surface area contributed by atoms with Gasteiger partial charge in [0.2, 0.25) is 0 Å². The van der Waals surface area contributed by atoms with Gasteiger partial charge >= 0.3 is 5.97 Å². The van der Waals surface area contributed by atoms with E-state index in [4.69, 9.17) is 14.6 Å². The zero-order valence-electron chi connectivity index (χ0n) is 20.5. The Labute approximate surface area is 223 Å². The lowest BCUT2D eigenvalue weighted by Crippen LogP contribution is -2.30. The number of aliphatic carboxylic acids is 1. The summed E-state index contributed by atoms with van der Waals surface area (Å²) < 4.78 is 11.1. The number of hydrogen-bond donors (Lipinski definition) is 1. The zero-order valence-corrected chi connectivity index (χ0v) is 21.3. The second kappa shape index (κ2) is 12.4. The molecule has 0 amide bonds. The number of rotatable bonds is 9. The molecule has 0 spiro atoms. The van der Waals surface area contributed by atoms with Gasteiger partial charge in [-0.25, -0.2) is 4.79 Å². The summed E-state index contributed by atoms with van der Waals surface area (Å²) in [4.78, 5) is 13.1. The van der Waals surface area contributed by atoms with Crippen LogP contribution in [0.4, 0.5) is 0 Å². The minimum absolute atomic E-state index is 0. The number of hydrogen-bond acceptors (Lipinski definition) is 4. The summed E-state index contributed by atoms with van der Waals surface area (Å²) in [6, 6.07) is 32.9. The van der Waals surface area contributed by atoms with Crippen LogP contribution in [0.3, 0.4) is 0 Å². The third-order valence-corrected chi connectivity index (χ3v) is 6.40. The molecule has 1 heterocycles. The van der Waals surface area contributed by atoms with Crippen molar-refractivity contribution in [3.63, 3.8) is 0 Å². The number of benzene rings is 4. The minimum Gasteiger partial charge on any atom is -0.489 e. The number of carbonyl (C=O) groups is 1. The van der Waals surface area contributed by atoms with Crippen LogP contribution in [-0.4, -0.2) is 29.1 Å². The molecule has 6 heteroatoms. The second-order valence-corrected chi connectivity index (χ2v) is 9.07. The summed E-state index contributed by atoms with van der Waals surface area (Å²) in [6.07, 6.45) is 1.06. The van der Waals surface area contributed by atoms with Crippen molar-refractivity contribution in [1.29, 1.82) is 0 Å². The molecule has 0 fully saturated rings. The van der Waals surface area contributed by atoms with Crippen LogP contribution in [0.5, 0.6) is 11.5 Å². The van der Waals surface area contributed by atoms with Gasteiger partial charge in [-0.3, -0.25) is 4.90 Å². The van der Waals surface area contributed by atoms with Gasteiger partial charge in [0, 0.05) is 19.6 Å². The van der Waals surface area contributed by atoms with E-state index in [-0.39, 0.29) is 19.0 Å². The lowest BCUT2D eigenvalue weighted by atomic mass is 9.94. The van der Waals surface area contributed by atoms with Crippen molar-refractivity contribution in [1.82, 2.24) is 4.90 Å². The van der Waals surface area contributed by atoms with Gasteiger partial charge in [0.05, 0.1) is 0 Å². The third kappa shape index (κ3) is 7.13. The number of fused-ring (bicyclic) bond motifs is 1. The molecule has 5 nitrogen and oxygen atoms in total. The van der Waals surface area contributed by atoms with Gasteiger partial charge in [0.1, 0.15) is 18.1 Å². The van der Waals surface area contributed by atoms with Crippen molar-refractivity contribution >= 4 is 18.4 Å². The molecule has 4 aromatic carbocycles. The summed E-state index contributed by atoms with van der Waals surface area (Å²) in [5, 5.41) is 8.71. The zero-order chi connectivity index (χ0) is 24.7. The number of carboxylic acids is 1. The molecule has 0 aliphatic carbocycles. The summed E-state index contributed by atoms with van der Waals surface area (Å²) in [7, 11) is 0. The van der Waals surface area contributed by atoms with Gasteiger partial charge in [-0.2, -0.15) is 0 Å². The predicted octanol–water partition coefficient (Wildman–Crippen LogP) is 6.38. The SMILES string of the molecule is Cl.O=C(O)COc1ccc(OCc2cccc(-c3ccc4c(c3)CCN(Cc3ccccc3)C4)c2)cc1. The van der Waals surface area contributed by atoms with Crippen molar-refractivity contribution < 1.29 is 19.4 Å². The lowest BCUT2D eigenvalue weighted by molar-refractivity contribution is -0.139. The molecular weight excluding hydrogens is 486 g/mol. The topological polar surface area (TPSA) is 59.0 Å². The molecule has 0 atom stereocenters. The predicted molar refractivity (Wildman–Crippen MR) is 147 cm³/mol. The van der Waals surface area contributed by atoms with Crippen molar-refractivity contribution in [2.75, 3.05) is 13.2 Å². The van der Waals surface area contributed by atoms with Crippen LogP contribution in [0.25, 0.3) is 11.1 Å². The normalized spacial score (nSPS) is 12.8. The molecule has 190 valence electrons. The molecule has 0 saturated heterocycles. The van der Waals surface area contributed by atoms with E-state index >= 15 is 0 Å². The quantitative estimate of drug-likeness (QED) is 0.280. The maximum Gasteiger partial charge on any atom is 0.341 e. The summed E-state index contributed by atoms with van der Waals surface area (Å²) in [6.45, 7) is 3.13. The smallest absolute Gasteiger partial charge is 0.341 e. The van der Waals surface area contributed by atoms with Crippen LogP contribution in [0.2, 0.25) is 0 Å². The lowest BCUT2D eigenvalue weighted by Gasteiger charge is -2.29. The second-order valence-electron chi connectivity index (χ2n) is 9.07. The Morgan fingerprint density at radius 2 is 1.46 bits per heavy atom. The van der Waals surface area contributed by atoms with E-state index in [0.717, 1.165) is 31.6 Å². The highest BCUT2D eigenvalue weighted by atomic mass is 35.5. The Hall–Kier alpha value is -3.80. The first-order chi connectivity index (χ1) is 17.6. The van der Waals surface area contributed by atoms with Crippen LogP contribution in [-0.2, 0) is 30.9 Å². The largest absolute Gasteiger partial charge is 0.489 e. The fourth-order valence-electron chi connectivity index (χ4n) is 4.55. The average Bonchev–Trinajstić information content (AvgIpc) is 2.92. The van der Waals surface area contributed by atoms with Crippen LogP contribution in [0.15, 0.2) is 97.1 Å². The van der Waals surface area contributed by atoms with Gasteiger partial charge in [0.15, 0.2) is 6.61 Å². The first kappa shape index (κ1) is 26.3. The van der Waals surface area contributed by atoms with E-state index in [1.807, 2.05) is 0 Å². The van der Waals surface area contributed by atoms with Crippen molar-refractivity contribution in [2.24, 2.45) is 0 Å². The summed E-state index contributed by atoms with van der Waals surface area (Å²) in [5.41, 5.74) is 7.71. The standard InChI is InChI=1S/C31H29NO4.ClH/c33-31(34)22-36-30-13-11-29(12-14-30)35-21-24-7-4-8-25(17-24)26-9-10-28-20-32(16-15-27(28)18-26)19-23-5-2-1-3-6-23;/h1-14,17-18H,15-16,19-22H2,(H,33,34);1H. The van der Waals surface area contributed by atoms with Crippen LogP contribution < -0.4 is 9.47 Å². The Morgan fingerprint density at radius 1 is 0.757 bits per heavy atom. The number of halogens is 1. The average molecular weight is 516 g/mol. The number of ether oxygens (including phenoxy) is 2. The van der Waals surface area contributed by atoms with Crippen LogP contribution >= 0.6 is 12.4 Å². The Kier molecular flexibility index (Phi) is 8.83. The van der Waals surface area contributed by atoms with E-state index in [9.17, 15) is 4.79 Å². The van der Waals surface area contributed by atoms with E-state index in [0.29, 0.717) is 18.1 Å². The van der Waals surface area contributed by atoms with Crippen molar-refractivity contribution in [3.05, 3.63) is 119 Å². The maximum absolute atomic E-state index is 10.6. The molecule has 0 aromatic heterocycles. The molecule has 37 heavy (non-hydrogen) atoms. The highest BCUT2D eigenvalue weighted by molar-refractivity contribution is 5.85. The molecule has 0 unspecified atom stereocenters. The molecule has 4 aromatic rings. The monoisotopic (exact) mass is 515 g/mol. The Morgan fingerprint density at radius 3 is 2.22 bits per heavy atom. The van der Waals surface area contributed by atoms with Gasteiger partial charge in [-0.15, -0.1) is 12.4 Å². The molecule has 1 N–H and O–H groups in total. The maximum atomic E-state index is 10.6. The minimum atomic E-state index is -1.00. The van der Waals surface area contributed by atoms with Crippen LogP contribution in [0, 0.1) is 0 Å². The van der Waals surface area contributed by atoms with E-state index in [2.05, 4.69) is 77.7 Å². The van der Waals surface area contributed by atoms with Crippen molar-refractivity contribution in [2.45, 2.75) is 26.1 Å². The van der Waals surface area contributed by atoms with E-state index < -0.39 is 5.97 Å². The third-order valence-electron chi connectivity index (χ3n) is 6.40. The van der Waals surface area contributed by atoms with Crippen molar-refractivity contribution in [3.8, 4) is 22.6 Å². The fraction of sp³-hybridized carbons (Fsp3) is 0.194. The molecule has 5 rings (SSSR count). The molecular formula is C31H30ClNO4. The Bertz CT molecular complexity index is 1320. The summed E-state index contributed by atoms with van der Waals surface area (Å²) in [5.74, 6) is 0.207. The Balaban J connectivity index is 0.00000320. The summed E-state index contributed by atoms with van der Waals surface area (Å²) >= 11 is 0. The van der Waals surface area contributed by atoms with Crippen LogP contribution in [0.1, 0.15) is 22.3 Å². The molecule has 0 radical (unpaired) electrons. The number of nitrogens with zero attached hydrogens (tertiary/aromatic N) is 1. The van der Waals surface area contributed by atoms with Gasteiger partial charge in [0.25, 0.3) is 0 Å². The van der Waals surface area contributed by atoms with Gasteiger partial charge in [-0.05, 0) is 70.1 Å². The highest BCUT2D eigenvalue weighted by Crippen LogP contribution is 2.28. The van der Waals surface area contributed by atoms with Gasteiger partial charge < -0.3 is 14.6 Å². The van der Waals surface area contributed by atoms with E-state index in [1.165, 1.54) is 27.8 Å².